The van der Waals surface area contributed by atoms with Crippen molar-refractivity contribution in [1.82, 2.24) is 15.5 Å². The van der Waals surface area contributed by atoms with Gasteiger partial charge in [0.05, 0.1) is 6.61 Å². The molecule has 2 unspecified atom stereocenters. The van der Waals surface area contributed by atoms with Crippen molar-refractivity contribution in [1.29, 1.82) is 0 Å². The van der Waals surface area contributed by atoms with E-state index in [4.69, 9.17) is 4.74 Å². The fourth-order valence-electron chi connectivity index (χ4n) is 2.21. The number of carbonyl (C=O) groups excluding carboxylic acids is 1. The Morgan fingerprint density at radius 1 is 1.69 bits per heavy atom. The van der Waals surface area contributed by atoms with Crippen molar-refractivity contribution >= 4 is 5.91 Å². The van der Waals surface area contributed by atoms with Crippen LogP contribution in [-0.4, -0.2) is 63.3 Å². The van der Waals surface area contributed by atoms with Gasteiger partial charge in [-0.15, -0.1) is 0 Å². The number of hydrogen-bond acceptors (Lipinski definition) is 4. The van der Waals surface area contributed by atoms with Crippen LogP contribution in [0.1, 0.15) is 13.3 Å². The van der Waals surface area contributed by atoms with E-state index in [-0.39, 0.29) is 11.9 Å². The molecule has 1 amide bonds. The summed E-state index contributed by atoms with van der Waals surface area (Å²) >= 11 is 0. The molecule has 1 aliphatic heterocycles. The first-order valence-corrected chi connectivity index (χ1v) is 5.91. The van der Waals surface area contributed by atoms with Crippen molar-refractivity contribution < 1.29 is 9.53 Å². The Morgan fingerprint density at radius 2 is 2.44 bits per heavy atom. The minimum Gasteiger partial charge on any atom is -0.383 e. The predicted octanol–water partition coefficient (Wildman–Crippen LogP) is -0.569. The smallest absolute Gasteiger partial charge is 0.238 e. The molecule has 0 saturated carbocycles. The molecule has 0 spiro atoms. The summed E-state index contributed by atoms with van der Waals surface area (Å²) < 4.78 is 5.22. The predicted molar refractivity (Wildman–Crippen MR) is 63.4 cm³/mol. The molecule has 1 aliphatic rings. The molecule has 0 bridgehead atoms. The van der Waals surface area contributed by atoms with Crippen LogP contribution in [0.25, 0.3) is 0 Å². The second kappa shape index (κ2) is 6.83. The highest BCUT2D eigenvalue weighted by molar-refractivity contribution is 5.81. The van der Waals surface area contributed by atoms with Gasteiger partial charge < -0.3 is 15.4 Å². The van der Waals surface area contributed by atoms with E-state index >= 15 is 0 Å². The SMILES string of the molecule is CCC(COC)N1CCNCC1C(=O)NC. The number of nitrogens with one attached hydrogen (secondary N) is 2. The number of ether oxygens (including phenoxy) is 1. The Labute approximate surface area is 97.5 Å². The summed E-state index contributed by atoms with van der Waals surface area (Å²) in [5, 5.41) is 5.98. The third-order valence-corrected chi connectivity index (χ3v) is 3.13. The van der Waals surface area contributed by atoms with Crippen LogP contribution in [0.3, 0.4) is 0 Å². The van der Waals surface area contributed by atoms with Crippen molar-refractivity contribution in [2.24, 2.45) is 0 Å². The number of amides is 1. The molecule has 94 valence electrons. The molecule has 2 N–H and O–H groups in total. The Hall–Kier alpha value is -0.650. The highest BCUT2D eigenvalue weighted by atomic mass is 16.5. The van der Waals surface area contributed by atoms with Crippen molar-refractivity contribution in [3.8, 4) is 0 Å². The molecule has 5 heteroatoms. The van der Waals surface area contributed by atoms with Gasteiger partial charge in [0, 0.05) is 39.8 Å². The zero-order valence-electron chi connectivity index (χ0n) is 10.5. The van der Waals surface area contributed by atoms with E-state index in [2.05, 4.69) is 22.5 Å². The summed E-state index contributed by atoms with van der Waals surface area (Å²) in [7, 11) is 3.39. The minimum atomic E-state index is -0.0705. The lowest BCUT2D eigenvalue weighted by molar-refractivity contribution is -0.128. The molecular weight excluding hydrogens is 206 g/mol. The summed E-state index contributed by atoms with van der Waals surface area (Å²) in [6, 6.07) is 0.258. The number of likely N-dealkylation sites (N-methyl/N-ethyl adjacent to an activating group) is 1. The van der Waals surface area contributed by atoms with E-state index in [1.165, 1.54) is 0 Å². The highest BCUT2D eigenvalue weighted by Crippen LogP contribution is 2.12. The maximum atomic E-state index is 11.8. The quantitative estimate of drug-likeness (QED) is 0.663. The topological polar surface area (TPSA) is 53.6 Å². The van der Waals surface area contributed by atoms with Crippen LogP contribution in [0, 0.1) is 0 Å². The Kier molecular flexibility index (Phi) is 5.73. The first-order valence-electron chi connectivity index (χ1n) is 5.91. The number of rotatable bonds is 5. The van der Waals surface area contributed by atoms with Gasteiger partial charge in [0.2, 0.25) is 5.91 Å². The molecule has 0 aliphatic carbocycles. The zero-order valence-corrected chi connectivity index (χ0v) is 10.5. The summed E-state index contributed by atoms with van der Waals surface area (Å²) in [6.07, 6.45) is 1.00. The van der Waals surface area contributed by atoms with E-state index < -0.39 is 0 Å². The van der Waals surface area contributed by atoms with Gasteiger partial charge in [-0.2, -0.15) is 0 Å². The van der Waals surface area contributed by atoms with Crippen LogP contribution in [0.15, 0.2) is 0 Å². The summed E-state index contributed by atoms with van der Waals surface area (Å²) in [5.74, 6) is 0.0850. The van der Waals surface area contributed by atoms with Crippen molar-refractivity contribution in [2.45, 2.75) is 25.4 Å². The molecule has 2 atom stereocenters. The third-order valence-electron chi connectivity index (χ3n) is 3.13. The molecule has 0 aromatic carbocycles. The number of piperazine rings is 1. The molecule has 1 saturated heterocycles. The van der Waals surface area contributed by atoms with Crippen LogP contribution in [0.4, 0.5) is 0 Å². The molecule has 5 nitrogen and oxygen atoms in total. The lowest BCUT2D eigenvalue weighted by Crippen LogP contribution is -2.61. The summed E-state index contributed by atoms with van der Waals surface area (Å²) in [4.78, 5) is 14.0. The van der Waals surface area contributed by atoms with Gasteiger partial charge >= 0.3 is 0 Å². The van der Waals surface area contributed by atoms with Gasteiger partial charge in [-0.25, -0.2) is 0 Å². The minimum absolute atomic E-state index is 0.0705. The molecule has 0 aromatic rings. The standard InChI is InChI=1S/C11H23N3O2/c1-4-9(8-16-3)14-6-5-13-7-10(14)11(15)12-2/h9-10,13H,4-8H2,1-3H3,(H,12,15). The molecule has 1 heterocycles. The van der Waals surface area contributed by atoms with E-state index in [0.717, 1.165) is 26.1 Å². The Bertz CT molecular complexity index is 223. The van der Waals surface area contributed by atoms with Gasteiger partial charge in [-0.05, 0) is 6.42 Å². The zero-order chi connectivity index (χ0) is 12.0. The maximum Gasteiger partial charge on any atom is 0.238 e. The number of carbonyl (C=O) groups is 1. The number of methoxy groups -OCH3 is 1. The molecule has 0 aromatic heterocycles. The molecule has 0 radical (unpaired) electrons. The Balaban J connectivity index is 2.67. The van der Waals surface area contributed by atoms with Crippen LogP contribution in [0.2, 0.25) is 0 Å². The van der Waals surface area contributed by atoms with Crippen LogP contribution in [0.5, 0.6) is 0 Å². The molecule has 16 heavy (non-hydrogen) atoms. The second-order valence-electron chi connectivity index (χ2n) is 4.09. The number of hydrogen-bond donors (Lipinski definition) is 2. The maximum absolute atomic E-state index is 11.8. The summed E-state index contributed by atoms with van der Waals surface area (Å²) in [5.41, 5.74) is 0. The van der Waals surface area contributed by atoms with E-state index in [1.54, 1.807) is 14.2 Å². The highest BCUT2D eigenvalue weighted by Gasteiger charge is 2.32. The van der Waals surface area contributed by atoms with E-state index in [9.17, 15) is 4.79 Å². The average Bonchev–Trinajstić information content (AvgIpc) is 2.35. The monoisotopic (exact) mass is 229 g/mol. The molecular formula is C11H23N3O2. The fraction of sp³-hybridized carbons (Fsp3) is 0.909. The molecule has 1 rings (SSSR count). The van der Waals surface area contributed by atoms with E-state index in [0.29, 0.717) is 12.6 Å². The van der Waals surface area contributed by atoms with Gasteiger partial charge in [0.15, 0.2) is 0 Å². The largest absolute Gasteiger partial charge is 0.383 e. The average molecular weight is 229 g/mol. The van der Waals surface area contributed by atoms with Gasteiger partial charge in [0.1, 0.15) is 6.04 Å². The van der Waals surface area contributed by atoms with Crippen LogP contribution >= 0.6 is 0 Å². The van der Waals surface area contributed by atoms with Gasteiger partial charge in [-0.3, -0.25) is 9.69 Å². The van der Waals surface area contributed by atoms with Crippen LogP contribution in [-0.2, 0) is 9.53 Å². The van der Waals surface area contributed by atoms with E-state index in [1.807, 2.05) is 0 Å². The number of nitrogens with zero attached hydrogens (tertiary/aromatic N) is 1. The van der Waals surface area contributed by atoms with Gasteiger partial charge in [-0.1, -0.05) is 6.92 Å². The first kappa shape index (κ1) is 13.4. The lowest BCUT2D eigenvalue weighted by Gasteiger charge is -2.39. The van der Waals surface area contributed by atoms with Crippen LogP contribution < -0.4 is 10.6 Å². The van der Waals surface area contributed by atoms with Gasteiger partial charge in [0.25, 0.3) is 0 Å². The third kappa shape index (κ3) is 3.17. The van der Waals surface area contributed by atoms with Crippen molar-refractivity contribution in [3.05, 3.63) is 0 Å². The van der Waals surface area contributed by atoms with Crippen molar-refractivity contribution in [2.75, 3.05) is 40.4 Å². The molecule has 1 fully saturated rings. The fourth-order valence-corrected chi connectivity index (χ4v) is 2.21. The Morgan fingerprint density at radius 3 is 3.00 bits per heavy atom. The second-order valence-corrected chi connectivity index (χ2v) is 4.09. The lowest BCUT2D eigenvalue weighted by atomic mass is 10.1. The van der Waals surface area contributed by atoms with Crippen molar-refractivity contribution in [3.63, 3.8) is 0 Å². The normalized spacial score (nSPS) is 24.1. The summed E-state index contributed by atoms with van der Waals surface area (Å²) in [6.45, 7) is 5.38. The first-order chi connectivity index (χ1) is 7.74.